The van der Waals surface area contributed by atoms with Gasteiger partial charge in [-0.25, -0.2) is 4.85 Å². The van der Waals surface area contributed by atoms with Gasteiger partial charge in [0.15, 0.2) is 5.69 Å². The average Bonchev–Trinajstić information content (AvgIpc) is 2.59. The molecule has 0 saturated carbocycles. The molecule has 2 aromatic carbocycles. The molecule has 23 heavy (non-hydrogen) atoms. The Hall–Kier alpha value is -2.07. The summed E-state index contributed by atoms with van der Waals surface area (Å²) in [6.07, 6.45) is 7.92. The Morgan fingerprint density at radius 3 is 2.04 bits per heavy atom. The molecule has 0 N–H and O–H groups in total. The van der Waals surface area contributed by atoms with Crippen LogP contribution in [0.15, 0.2) is 48.5 Å². The van der Waals surface area contributed by atoms with Crippen molar-refractivity contribution in [3.8, 4) is 11.1 Å². The lowest BCUT2D eigenvalue weighted by atomic mass is 9.94. The van der Waals surface area contributed by atoms with Crippen LogP contribution in [-0.4, -0.2) is 0 Å². The van der Waals surface area contributed by atoms with Gasteiger partial charge in [0.05, 0.1) is 6.57 Å². The lowest BCUT2D eigenvalue weighted by Gasteiger charge is -2.12. The maximum absolute atomic E-state index is 7.01. The lowest BCUT2D eigenvalue weighted by Crippen LogP contribution is -1.99. The van der Waals surface area contributed by atoms with Crippen LogP contribution >= 0.6 is 0 Å². The first kappa shape index (κ1) is 17.3. The molecule has 1 atom stereocenters. The highest BCUT2D eigenvalue weighted by molar-refractivity contribution is 5.66. The fourth-order valence-electron chi connectivity index (χ4n) is 2.99. The molecule has 2 rings (SSSR count). The maximum atomic E-state index is 7.01. The number of unbranched alkanes of at least 4 members (excludes halogenated alkanes) is 3. The minimum absolute atomic E-state index is 0.697. The van der Waals surface area contributed by atoms with Crippen molar-refractivity contribution in [2.24, 2.45) is 5.92 Å². The zero-order valence-corrected chi connectivity index (χ0v) is 14.4. The van der Waals surface area contributed by atoms with E-state index in [9.17, 15) is 0 Å². The van der Waals surface area contributed by atoms with Gasteiger partial charge in [-0.1, -0.05) is 94.5 Å². The molecule has 0 fully saturated rings. The predicted molar refractivity (Wildman–Crippen MR) is 99.8 cm³/mol. The highest BCUT2D eigenvalue weighted by Crippen LogP contribution is 2.24. The Bertz CT molecular complexity index is 617. The van der Waals surface area contributed by atoms with Crippen molar-refractivity contribution in [1.29, 1.82) is 0 Å². The van der Waals surface area contributed by atoms with E-state index in [0.717, 1.165) is 5.92 Å². The smallest absolute Gasteiger partial charge is 0.187 e. The largest absolute Gasteiger partial charge is 0.238 e. The molecule has 0 radical (unpaired) electrons. The topological polar surface area (TPSA) is 4.36 Å². The molecule has 0 aliphatic carbocycles. The van der Waals surface area contributed by atoms with Gasteiger partial charge in [0, 0.05) is 0 Å². The third kappa shape index (κ3) is 5.57. The van der Waals surface area contributed by atoms with Gasteiger partial charge in [-0.2, -0.15) is 0 Å². The Morgan fingerprint density at radius 2 is 1.48 bits per heavy atom. The highest BCUT2D eigenvalue weighted by atomic mass is 14.6. The van der Waals surface area contributed by atoms with Crippen LogP contribution in [0.1, 0.15) is 51.5 Å². The van der Waals surface area contributed by atoms with Gasteiger partial charge in [-0.15, -0.1) is 0 Å². The fourth-order valence-corrected chi connectivity index (χ4v) is 2.99. The zero-order chi connectivity index (χ0) is 16.5. The average molecular weight is 305 g/mol. The van der Waals surface area contributed by atoms with E-state index in [2.05, 4.69) is 43.0 Å². The standard InChI is InChI=1S/C22H27N/c1-4-5-6-7-8-18(2)17-19-9-11-20(12-10-19)21-13-15-22(23-3)16-14-21/h9-16,18H,4-8,17H2,1-2H3. The van der Waals surface area contributed by atoms with Crippen molar-refractivity contribution in [3.63, 3.8) is 0 Å². The Balaban J connectivity index is 1.90. The van der Waals surface area contributed by atoms with Crippen molar-refractivity contribution < 1.29 is 0 Å². The van der Waals surface area contributed by atoms with E-state index >= 15 is 0 Å². The van der Waals surface area contributed by atoms with Gasteiger partial charge in [0.2, 0.25) is 0 Å². The monoisotopic (exact) mass is 305 g/mol. The minimum Gasteiger partial charge on any atom is -0.238 e. The number of hydrogen-bond acceptors (Lipinski definition) is 0. The Kier molecular flexibility index (Phi) is 6.88. The van der Waals surface area contributed by atoms with Crippen molar-refractivity contribution in [2.75, 3.05) is 0 Å². The lowest BCUT2D eigenvalue weighted by molar-refractivity contribution is 0.487. The second kappa shape index (κ2) is 9.16. The summed E-state index contributed by atoms with van der Waals surface area (Å²) < 4.78 is 0. The van der Waals surface area contributed by atoms with Gasteiger partial charge in [0.1, 0.15) is 0 Å². The van der Waals surface area contributed by atoms with Crippen molar-refractivity contribution >= 4 is 5.69 Å². The number of rotatable bonds is 8. The molecule has 0 heterocycles. The molecule has 0 spiro atoms. The number of nitrogens with zero attached hydrogens (tertiary/aromatic N) is 1. The van der Waals surface area contributed by atoms with Gasteiger partial charge in [-0.3, -0.25) is 0 Å². The quantitative estimate of drug-likeness (QED) is 0.363. The van der Waals surface area contributed by atoms with E-state index in [1.165, 1.54) is 55.2 Å². The molecule has 1 heteroatoms. The number of benzene rings is 2. The first-order valence-electron chi connectivity index (χ1n) is 8.79. The summed E-state index contributed by atoms with van der Waals surface area (Å²) >= 11 is 0. The zero-order valence-electron chi connectivity index (χ0n) is 14.4. The molecule has 2 aromatic rings. The van der Waals surface area contributed by atoms with Gasteiger partial charge >= 0.3 is 0 Å². The molecule has 0 saturated heterocycles. The first-order chi connectivity index (χ1) is 11.2. The molecule has 0 aliphatic heterocycles. The summed E-state index contributed by atoms with van der Waals surface area (Å²) in [5.74, 6) is 0.760. The SMILES string of the molecule is [C-]#[N+]c1ccc(-c2ccc(CC(C)CCCCCC)cc2)cc1. The summed E-state index contributed by atoms with van der Waals surface area (Å²) in [7, 11) is 0. The molecular formula is C22H27N. The van der Waals surface area contributed by atoms with Crippen LogP contribution in [0.5, 0.6) is 0 Å². The Labute approximate surface area is 141 Å². The molecule has 0 bridgehead atoms. The molecule has 1 nitrogen and oxygen atoms in total. The fraction of sp³-hybridized carbons (Fsp3) is 0.409. The second-order valence-electron chi connectivity index (χ2n) is 6.51. The molecule has 0 aliphatic rings. The van der Waals surface area contributed by atoms with Gasteiger partial charge < -0.3 is 0 Å². The van der Waals surface area contributed by atoms with Crippen molar-refractivity contribution in [1.82, 2.24) is 0 Å². The van der Waals surface area contributed by atoms with Crippen molar-refractivity contribution in [3.05, 3.63) is 65.5 Å². The van der Waals surface area contributed by atoms with Gasteiger partial charge in [-0.05, 0) is 29.0 Å². The normalized spacial score (nSPS) is 11.9. The third-order valence-electron chi connectivity index (χ3n) is 4.42. The van der Waals surface area contributed by atoms with Crippen LogP contribution in [0.3, 0.4) is 0 Å². The summed E-state index contributed by atoms with van der Waals surface area (Å²) in [6.45, 7) is 11.6. The van der Waals surface area contributed by atoms with Crippen LogP contribution < -0.4 is 0 Å². The molecular weight excluding hydrogens is 278 g/mol. The minimum atomic E-state index is 0.697. The predicted octanol–water partition coefficient (Wildman–Crippen LogP) is 7.05. The van der Waals surface area contributed by atoms with Crippen molar-refractivity contribution in [2.45, 2.75) is 52.4 Å². The van der Waals surface area contributed by atoms with E-state index in [0.29, 0.717) is 5.69 Å². The van der Waals surface area contributed by atoms with Crippen LogP contribution in [0.25, 0.3) is 16.0 Å². The molecule has 0 aromatic heterocycles. The van der Waals surface area contributed by atoms with Crippen LogP contribution in [0.2, 0.25) is 0 Å². The van der Waals surface area contributed by atoms with E-state index in [4.69, 9.17) is 6.57 Å². The number of hydrogen-bond donors (Lipinski definition) is 0. The summed E-state index contributed by atoms with van der Waals surface area (Å²) in [5.41, 5.74) is 4.52. The van der Waals surface area contributed by atoms with Gasteiger partial charge in [0.25, 0.3) is 0 Å². The van der Waals surface area contributed by atoms with E-state index in [1.807, 2.05) is 24.3 Å². The molecule has 1 unspecified atom stereocenters. The summed E-state index contributed by atoms with van der Waals surface area (Å²) in [4.78, 5) is 3.44. The van der Waals surface area contributed by atoms with Crippen LogP contribution in [0.4, 0.5) is 5.69 Å². The van der Waals surface area contributed by atoms with Crippen LogP contribution in [-0.2, 0) is 6.42 Å². The van der Waals surface area contributed by atoms with E-state index < -0.39 is 0 Å². The molecule has 0 amide bonds. The molecule has 120 valence electrons. The van der Waals surface area contributed by atoms with E-state index in [-0.39, 0.29) is 0 Å². The second-order valence-corrected chi connectivity index (χ2v) is 6.51. The third-order valence-corrected chi connectivity index (χ3v) is 4.42. The highest BCUT2D eigenvalue weighted by Gasteiger charge is 2.05. The summed E-state index contributed by atoms with van der Waals surface area (Å²) in [5, 5.41) is 0. The maximum Gasteiger partial charge on any atom is 0.187 e. The summed E-state index contributed by atoms with van der Waals surface area (Å²) in [6, 6.07) is 16.7. The van der Waals surface area contributed by atoms with E-state index in [1.54, 1.807) is 0 Å². The first-order valence-corrected chi connectivity index (χ1v) is 8.79. The Morgan fingerprint density at radius 1 is 0.870 bits per heavy atom. The van der Waals surface area contributed by atoms with Crippen LogP contribution in [0, 0.1) is 12.5 Å².